The summed E-state index contributed by atoms with van der Waals surface area (Å²) in [6.45, 7) is 2.13. The second kappa shape index (κ2) is 4.19. The minimum Gasteiger partial charge on any atom is -0.481 e. The van der Waals surface area contributed by atoms with E-state index in [4.69, 9.17) is 5.11 Å². The Kier molecular flexibility index (Phi) is 2.94. The van der Waals surface area contributed by atoms with Gasteiger partial charge in [-0.3, -0.25) is 4.79 Å². The first-order valence-corrected chi connectivity index (χ1v) is 8.67. The average Bonchev–Trinajstić information content (AvgIpc) is 2.81. The minimum atomic E-state index is -3.29. The second-order valence-corrected chi connectivity index (χ2v) is 8.68. The number of fused-ring (bicyclic) bond motifs is 2. The highest BCUT2D eigenvalue weighted by Gasteiger charge is 2.54. The highest BCUT2D eigenvalue weighted by atomic mass is 32.2. The van der Waals surface area contributed by atoms with Gasteiger partial charge in [0.2, 0.25) is 10.0 Å². The number of hydrogen-bond acceptors (Lipinski definition) is 3. The number of carboxylic acid groups (broad SMARTS) is 1. The van der Waals surface area contributed by atoms with Crippen molar-refractivity contribution < 1.29 is 18.3 Å². The summed E-state index contributed by atoms with van der Waals surface area (Å²) >= 11 is 0. The molecule has 0 aromatic heterocycles. The summed E-state index contributed by atoms with van der Waals surface area (Å²) in [5.74, 6) is -1.16. The Bertz CT molecular complexity index is 497. The molecule has 6 heteroatoms. The van der Waals surface area contributed by atoms with Gasteiger partial charge in [-0.05, 0) is 43.9 Å². The van der Waals surface area contributed by atoms with E-state index in [-0.39, 0.29) is 23.3 Å². The maximum Gasteiger partial charge on any atom is 0.308 e. The van der Waals surface area contributed by atoms with E-state index in [0.717, 1.165) is 19.3 Å². The van der Waals surface area contributed by atoms with Crippen molar-refractivity contribution in [1.29, 1.82) is 0 Å². The summed E-state index contributed by atoms with van der Waals surface area (Å²) in [7, 11) is -3.29. The lowest BCUT2D eigenvalue weighted by atomic mass is 9.89. The smallest absolute Gasteiger partial charge is 0.308 e. The fraction of sp³-hybridized carbons (Fsp3) is 0.923. The SMILES string of the molecule is CC1(CCS(=O)(=O)N2C3CCC2C(C(=O)O)C3)CC1. The van der Waals surface area contributed by atoms with Crippen LogP contribution in [0.1, 0.15) is 45.4 Å². The highest BCUT2D eigenvalue weighted by molar-refractivity contribution is 7.89. The molecule has 0 amide bonds. The number of sulfonamides is 1. The molecule has 3 fully saturated rings. The fourth-order valence-electron chi connectivity index (χ4n) is 3.58. The van der Waals surface area contributed by atoms with E-state index in [0.29, 0.717) is 19.3 Å². The zero-order valence-electron chi connectivity index (χ0n) is 11.2. The minimum absolute atomic E-state index is 0.0666. The van der Waals surface area contributed by atoms with Crippen molar-refractivity contribution in [2.75, 3.05) is 5.75 Å². The number of hydrogen-bond donors (Lipinski definition) is 1. The maximum atomic E-state index is 12.5. The Balaban J connectivity index is 1.73. The summed E-state index contributed by atoms with van der Waals surface area (Å²) in [4.78, 5) is 11.2. The van der Waals surface area contributed by atoms with Crippen molar-refractivity contribution in [2.24, 2.45) is 11.3 Å². The number of aliphatic carboxylic acids is 1. The molecule has 2 heterocycles. The van der Waals surface area contributed by atoms with Gasteiger partial charge in [-0.1, -0.05) is 6.92 Å². The van der Waals surface area contributed by atoms with Crippen LogP contribution in [0.4, 0.5) is 0 Å². The van der Waals surface area contributed by atoms with E-state index < -0.39 is 21.9 Å². The van der Waals surface area contributed by atoms with Gasteiger partial charge in [0.05, 0.1) is 11.7 Å². The molecule has 108 valence electrons. The monoisotopic (exact) mass is 287 g/mol. The Morgan fingerprint density at radius 3 is 2.58 bits per heavy atom. The van der Waals surface area contributed by atoms with Gasteiger partial charge in [-0.25, -0.2) is 8.42 Å². The normalized spacial score (nSPS) is 36.6. The third kappa shape index (κ3) is 2.29. The van der Waals surface area contributed by atoms with Crippen molar-refractivity contribution in [2.45, 2.75) is 57.5 Å². The first-order valence-electron chi connectivity index (χ1n) is 7.06. The number of carbonyl (C=O) groups is 1. The molecule has 1 aliphatic carbocycles. The molecule has 19 heavy (non-hydrogen) atoms. The molecule has 0 aromatic rings. The van der Waals surface area contributed by atoms with Gasteiger partial charge < -0.3 is 5.11 Å². The van der Waals surface area contributed by atoms with Gasteiger partial charge in [-0.2, -0.15) is 4.31 Å². The predicted octanol–water partition coefficient (Wildman–Crippen LogP) is 1.44. The van der Waals surface area contributed by atoms with Crippen LogP contribution in [0.25, 0.3) is 0 Å². The molecule has 2 bridgehead atoms. The van der Waals surface area contributed by atoms with E-state index in [1.165, 1.54) is 4.31 Å². The molecule has 2 aliphatic heterocycles. The van der Waals surface area contributed by atoms with Crippen molar-refractivity contribution in [1.82, 2.24) is 4.31 Å². The van der Waals surface area contributed by atoms with Crippen LogP contribution in [-0.2, 0) is 14.8 Å². The van der Waals surface area contributed by atoms with E-state index in [1.54, 1.807) is 0 Å². The number of nitrogens with zero attached hydrogens (tertiary/aromatic N) is 1. The van der Waals surface area contributed by atoms with Crippen molar-refractivity contribution in [3.05, 3.63) is 0 Å². The summed E-state index contributed by atoms with van der Waals surface area (Å²) in [5.41, 5.74) is 0.220. The van der Waals surface area contributed by atoms with Crippen LogP contribution in [0.15, 0.2) is 0 Å². The molecule has 5 nitrogen and oxygen atoms in total. The summed E-state index contributed by atoms with van der Waals surface area (Å²) < 4.78 is 26.5. The number of carboxylic acids is 1. The quantitative estimate of drug-likeness (QED) is 0.830. The van der Waals surface area contributed by atoms with Crippen LogP contribution in [0.3, 0.4) is 0 Å². The maximum absolute atomic E-state index is 12.5. The van der Waals surface area contributed by atoms with Gasteiger partial charge in [0.15, 0.2) is 0 Å². The third-order valence-electron chi connectivity index (χ3n) is 5.18. The van der Waals surface area contributed by atoms with E-state index >= 15 is 0 Å². The molecule has 0 spiro atoms. The molecule has 0 radical (unpaired) electrons. The molecular formula is C13H21NO4S. The zero-order valence-corrected chi connectivity index (χ0v) is 12.0. The van der Waals surface area contributed by atoms with Gasteiger partial charge in [0, 0.05) is 12.1 Å². The van der Waals surface area contributed by atoms with Crippen LogP contribution in [0.2, 0.25) is 0 Å². The van der Waals surface area contributed by atoms with Gasteiger partial charge in [-0.15, -0.1) is 0 Å². The lowest BCUT2D eigenvalue weighted by molar-refractivity contribution is -0.142. The van der Waals surface area contributed by atoms with Crippen LogP contribution >= 0.6 is 0 Å². The Morgan fingerprint density at radius 2 is 2.05 bits per heavy atom. The lowest BCUT2D eigenvalue weighted by Crippen LogP contribution is -2.39. The molecule has 2 saturated heterocycles. The zero-order chi connectivity index (χ0) is 13.8. The fourth-order valence-corrected chi connectivity index (χ4v) is 5.85. The topological polar surface area (TPSA) is 74.7 Å². The molecule has 1 saturated carbocycles. The van der Waals surface area contributed by atoms with Gasteiger partial charge >= 0.3 is 5.97 Å². The van der Waals surface area contributed by atoms with E-state index in [2.05, 4.69) is 6.92 Å². The lowest BCUT2D eigenvalue weighted by Gasteiger charge is -2.23. The summed E-state index contributed by atoms with van der Waals surface area (Å²) in [6, 6.07) is -0.359. The van der Waals surface area contributed by atoms with E-state index in [9.17, 15) is 13.2 Å². The summed E-state index contributed by atoms with van der Waals surface area (Å²) in [5, 5.41) is 9.17. The van der Waals surface area contributed by atoms with Crippen LogP contribution in [0.5, 0.6) is 0 Å². The second-order valence-electron chi connectivity index (χ2n) is 6.69. The first-order chi connectivity index (χ1) is 8.82. The third-order valence-corrected chi connectivity index (χ3v) is 7.11. The highest BCUT2D eigenvalue weighted by Crippen LogP contribution is 2.49. The molecule has 1 N–H and O–H groups in total. The number of rotatable bonds is 5. The molecule has 3 atom stereocenters. The van der Waals surface area contributed by atoms with Gasteiger partial charge in [0.1, 0.15) is 0 Å². The Morgan fingerprint density at radius 1 is 1.37 bits per heavy atom. The standard InChI is InChI=1S/C13H21NO4S/c1-13(4-5-13)6-7-19(17,18)14-9-2-3-11(14)10(8-9)12(15)16/h9-11H,2-8H2,1H3,(H,15,16). The van der Waals surface area contributed by atoms with Crippen molar-refractivity contribution in [3.63, 3.8) is 0 Å². The predicted molar refractivity (Wildman–Crippen MR) is 70.1 cm³/mol. The van der Waals surface area contributed by atoms with Crippen molar-refractivity contribution >= 4 is 16.0 Å². The molecule has 3 rings (SSSR count). The first kappa shape index (κ1) is 13.4. The Labute approximate surface area is 114 Å². The van der Waals surface area contributed by atoms with Crippen LogP contribution < -0.4 is 0 Å². The molecule has 3 unspecified atom stereocenters. The van der Waals surface area contributed by atoms with Crippen LogP contribution in [-0.4, -0.2) is 41.6 Å². The summed E-state index contributed by atoms with van der Waals surface area (Å²) in [6.07, 6.45) is 4.98. The molecule has 3 aliphatic rings. The Hall–Kier alpha value is -0.620. The average molecular weight is 287 g/mol. The van der Waals surface area contributed by atoms with Crippen LogP contribution in [0, 0.1) is 11.3 Å². The van der Waals surface area contributed by atoms with Gasteiger partial charge in [0.25, 0.3) is 0 Å². The molecular weight excluding hydrogens is 266 g/mol. The molecule has 0 aromatic carbocycles. The largest absolute Gasteiger partial charge is 0.481 e. The van der Waals surface area contributed by atoms with Crippen molar-refractivity contribution in [3.8, 4) is 0 Å². The van der Waals surface area contributed by atoms with E-state index in [1.807, 2.05) is 0 Å².